The van der Waals surface area contributed by atoms with Gasteiger partial charge in [-0.1, -0.05) is 0 Å². The van der Waals surface area contributed by atoms with Crippen LogP contribution in [0.2, 0.25) is 13.3 Å². The molecule has 0 aliphatic rings. The van der Waals surface area contributed by atoms with Crippen LogP contribution in [-0.4, -0.2) is 33.3 Å². The van der Waals surface area contributed by atoms with Gasteiger partial charge in [0, 0.05) is 0 Å². The number of aryl methyl sites for hydroxylation is 1. The van der Waals surface area contributed by atoms with Crippen molar-refractivity contribution in [3.63, 3.8) is 0 Å². The van der Waals surface area contributed by atoms with Crippen LogP contribution in [-0.2, 0) is 0 Å². The number of nitrogens with zero attached hydrogens (tertiary/aromatic N) is 3. The molecular weight excluding hydrogens is 439 g/mol. The Balaban J connectivity index is 2.34. The number of hydrogen-bond donors (Lipinski definition) is 1. The van der Waals surface area contributed by atoms with Crippen LogP contribution < -0.4 is 9.03 Å². The van der Waals surface area contributed by atoms with Crippen molar-refractivity contribution >= 4 is 33.7 Å². The monoisotopic (exact) mass is 476 g/mol. The van der Waals surface area contributed by atoms with Gasteiger partial charge >= 0.3 is 170 Å². The van der Waals surface area contributed by atoms with Gasteiger partial charge in [0.05, 0.1) is 0 Å². The van der Waals surface area contributed by atoms with Crippen molar-refractivity contribution < 1.29 is 0 Å². The van der Waals surface area contributed by atoms with E-state index in [1.54, 1.807) is 0 Å². The predicted molar refractivity (Wildman–Crippen MR) is 119 cm³/mol. The van der Waals surface area contributed by atoms with Crippen molar-refractivity contribution in [2.24, 2.45) is 0 Å². The van der Waals surface area contributed by atoms with Crippen LogP contribution in [0, 0.1) is 6.92 Å². The third-order valence-corrected chi connectivity index (χ3v) is 20.6. The molecule has 0 bridgehead atoms. The van der Waals surface area contributed by atoms with Crippen LogP contribution in [0.3, 0.4) is 0 Å². The molecule has 2 heterocycles. The maximum atomic E-state index is 5.08. The third kappa shape index (κ3) is 6.44. The van der Waals surface area contributed by atoms with Crippen LogP contribution in [0.25, 0.3) is 0 Å². The zero-order valence-electron chi connectivity index (χ0n) is 17.6. The standard InChI is InChI=1S/C10H9N4.3C4H9.Sn/c1-8-9(4-2-5-11-8)14-10-12-6-3-7-13-10;3*1-3-4-2;/h2-6H,1H3,(H,12,13,14);3*1,3-4H2,2H3;. The van der Waals surface area contributed by atoms with Crippen LogP contribution in [0.4, 0.5) is 11.6 Å². The molecule has 0 unspecified atom stereocenters. The van der Waals surface area contributed by atoms with Crippen LogP contribution in [0.1, 0.15) is 65.0 Å². The average molecular weight is 475 g/mol. The fraction of sp³-hybridized carbons (Fsp3) is 0.591. The number of aromatic nitrogens is 3. The van der Waals surface area contributed by atoms with Crippen molar-refractivity contribution in [3.05, 3.63) is 36.3 Å². The van der Waals surface area contributed by atoms with Gasteiger partial charge in [-0.2, -0.15) is 0 Å². The van der Waals surface area contributed by atoms with Crippen LogP contribution in [0.15, 0.2) is 30.6 Å². The van der Waals surface area contributed by atoms with Crippen molar-refractivity contribution in [1.29, 1.82) is 0 Å². The summed E-state index contributed by atoms with van der Waals surface area (Å²) in [5, 5.41) is 3.40. The van der Waals surface area contributed by atoms with E-state index < -0.39 is 18.4 Å². The van der Waals surface area contributed by atoms with Crippen LogP contribution >= 0.6 is 0 Å². The summed E-state index contributed by atoms with van der Waals surface area (Å²) in [5.74, 6) is 0.731. The topological polar surface area (TPSA) is 50.7 Å². The van der Waals surface area contributed by atoms with E-state index in [0.29, 0.717) is 0 Å². The maximum absolute atomic E-state index is 5.08. The van der Waals surface area contributed by atoms with Gasteiger partial charge in [-0.3, -0.25) is 0 Å². The zero-order valence-corrected chi connectivity index (χ0v) is 20.4. The Hall–Kier alpha value is -1.17. The second kappa shape index (κ2) is 11.6. The van der Waals surface area contributed by atoms with Gasteiger partial charge in [-0.15, -0.1) is 0 Å². The van der Waals surface area contributed by atoms with E-state index >= 15 is 0 Å². The number of unbranched alkanes of at least 4 members (excludes halogenated alkanes) is 3. The third-order valence-electron chi connectivity index (χ3n) is 5.48. The summed E-state index contributed by atoms with van der Waals surface area (Å²) in [6, 6.07) is 6.23. The Bertz CT molecular complexity index is 668. The summed E-state index contributed by atoms with van der Waals surface area (Å²) in [6.45, 7) is 8.96. The van der Waals surface area contributed by atoms with Gasteiger partial charge < -0.3 is 0 Å². The Kier molecular flexibility index (Phi) is 9.52. The average Bonchev–Trinajstić information content (AvgIpc) is 2.70. The molecule has 27 heavy (non-hydrogen) atoms. The molecular formula is C22H36N4Sn. The summed E-state index contributed by atoms with van der Waals surface area (Å²) < 4.78 is 5.69. The van der Waals surface area contributed by atoms with Gasteiger partial charge in [-0.25, -0.2) is 0 Å². The summed E-state index contributed by atoms with van der Waals surface area (Å²) >= 11 is -2.51. The van der Waals surface area contributed by atoms with E-state index in [1.807, 2.05) is 31.5 Å². The first kappa shape index (κ1) is 22.1. The second-order valence-electron chi connectivity index (χ2n) is 7.62. The zero-order chi connectivity index (χ0) is 19.5. The van der Waals surface area contributed by atoms with Gasteiger partial charge in [0.2, 0.25) is 0 Å². The van der Waals surface area contributed by atoms with Crippen molar-refractivity contribution in [2.75, 3.05) is 5.32 Å². The number of pyridine rings is 1. The summed E-state index contributed by atoms with van der Waals surface area (Å²) in [4.78, 5) is 14.0. The summed E-state index contributed by atoms with van der Waals surface area (Å²) in [7, 11) is 0. The number of anilines is 2. The van der Waals surface area contributed by atoms with Gasteiger partial charge in [0.1, 0.15) is 0 Å². The molecule has 2 aromatic rings. The molecule has 0 aromatic carbocycles. The van der Waals surface area contributed by atoms with Crippen molar-refractivity contribution in [3.8, 4) is 0 Å². The molecule has 148 valence electrons. The molecule has 0 atom stereocenters. The first-order valence-corrected chi connectivity index (χ1v) is 18.2. The first-order valence-electron chi connectivity index (χ1n) is 10.7. The molecule has 0 saturated carbocycles. The molecule has 2 rings (SSSR count). The molecule has 0 aliphatic heterocycles. The molecule has 0 amide bonds. The predicted octanol–water partition coefficient (Wildman–Crippen LogP) is 5.98. The van der Waals surface area contributed by atoms with E-state index in [-0.39, 0.29) is 0 Å². The Morgan fingerprint density at radius 3 is 2.04 bits per heavy atom. The SMILES string of the molecule is CCC[CH2][Sn]([CH2]CCC)([CH2]CCC)[c]1ccnc(Nc2cccnc2C)n1. The molecule has 0 spiro atoms. The molecule has 2 aromatic heterocycles. The minimum absolute atomic E-state index is 0.731. The number of nitrogens with one attached hydrogen (secondary N) is 1. The van der Waals surface area contributed by atoms with Crippen molar-refractivity contribution in [1.82, 2.24) is 15.0 Å². The molecule has 0 fully saturated rings. The van der Waals surface area contributed by atoms with Gasteiger partial charge in [0.15, 0.2) is 0 Å². The minimum atomic E-state index is -2.51. The quantitative estimate of drug-likeness (QED) is 0.384. The second-order valence-corrected chi connectivity index (χ2v) is 20.7. The summed E-state index contributed by atoms with van der Waals surface area (Å²) in [5.41, 5.74) is 1.97. The summed E-state index contributed by atoms with van der Waals surface area (Å²) in [6.07, 6.45) is 11.7. The van der Waals surface area contributed by atoms with E-state index in [2.05, 4.69) is 42.1 Å². The Morgan fingerprint density at radius 2 is 1.48 bits per heavy atom. The fourth-order valence-electron chi connectivity index (χ4n) is 3.76. The van der Waals surface area contributed by atoms with E-state index in [4.69, 9.17) is 4.98 Å². The molecule has 0 radical (unpaired) electrons. The molecule has 4 nitrogen and oxygen atoms in total. The van der Waals surface area contributed by atoms with E-state index in [0.717, 1.165) is 17.3 Å². The Labute approximate surface area is 169 Å². The van der Waals surface area contributed by atoms with Gasteiger partial charge in [-0.05, 0) is 0 Å². The molecule has 0 aliphatic carbocycles. The molecule has 5 heteroatoms. The van der Waals surface area contributed by atoms with E-state index in [9.17, 15) is 0 Å². The van der Waals surface area contributed by atoms with Gasteiger partial charge in [0.25, 0.3) is 0 Å². The molecule has 1 N–H and O–H groups in total. The van der Waals surface area contributed by atoms with E-state index in [1.165, 1.54) is 55.5 Å². The normalized spacial score (nSPS) is 11.6. The number of hydrogen-bond acceptors (Lipinski definition) is 4. The first-order chi connectivity index (χ1) is 13.1. The van der Waals surface area contributed by atoms with Crippen LogP contribution in [0.5, 0.6) is 0 Å². The Morgan fingerprint density at radius 1 is 0.852 bits per heavy atom. The fourth-order valence-corrected chi connectivity index (χ4v) is 19.1. The van der Waals surface area contributed by atoms with Crippen molar-refractivity contribution in [2.45, 2.75) is 79.5 Å². The number of rotatable bonds is 12. The molecule has 0 saturated heterocycles.